The van der Waals surface area contributed by atoms with Crippen molar-refractivity contribution in [3.05, 3.63) is 40.9 Å². The second-order valence-corrected chi connectivity index (χ2v) is 3.64. The summed E-state index contributed by atoms with van der Waals surface area (Å²) < 4.78 is 5.23. The van der Waals surface area contributed by atoms with Crippen molar-refractivity contribution >= 4 is 16.7 Å². The van der Waals surface area contributed by atoms with Crippen LogP contribution < -0.4 is 16.9 Å². The zero-order chi connectivity index (χ0) is 12.5. The van der Waals surface area contributed by atoms with Crippen molar-refractivity contribution in [2.45, 2.75) is 0 Å². The standard InChI is InChI=1S/C11H9N5O2/c12-14-10-6-3-1-2-4-8(6)18-11(17)9(10)7-5-13-16-15-7/h1-5,14H,12H2,(H,13,15,16). The molecule has 0 amide bonds. The van der Waals surface area contributed by atoms with Gasteiger partial charge in [0.1, 0.15) is 16.8 Å². The Bertz CT molecular complexity index is 748. The molecule has 2 heterocycles. The molecular formula is C11H9N5O2. The van der Waals surface area contributed by atoms with Crippen LogP contribution in [0.25, 0.3) is 22.2 Å². The van der Waals surface area contributed by atoms with Crippen LogP contribution >= 0.6 is 0 Å². The summed E-state index contributed by atoms with van der Waals surface area (Å²) in [7, 11) is 0. The molecule has 0 aliphatic heterocycles. The fourth-order valence-electron chi connectivity index (χ4n) is 1.85. The van der Waals surface area contributed by atoms with Gasteiger partial charge in [-0.1, -0.05) is 12.1 Å². The lowest BCUT2D eigenvalue weighted by molar-refractivity contribution is 0.563. The lowest BCUT2D eigenvalue weighted by Crippen LogP contribution is -2.14. The van der Waals surface area contributed by atoms with E-state index < -0.39 is 5.63 Å². The number of fused-ring (bicyclic) bond motifs is 1. The summed E-state index contributed by atoms with van der Waals surface area (Å²) in [6, 6.07) is 7.11. The Hall–Kier alpha value is -2.67. The third-order valence-corrected chi connectivity index (χ3v) is 2.63. The van der Waals surface area contributed by atoms with Gasteiger partial charge in [0.05, 0.1) is 11.9 Å². The van der Waals surface area contributed by atoms with Crippen molar-refractivity contribution in [1.29, 1.82) is 0 Å². The number of para-hydroxylation sites is 1. The summed E-state index contributed by atoms with van der Waals surface area (Å²) in [5, 5.41) is 10.7. The smallest absolute Gasteiger partial charge is 0.348 e. The van der Waals surface area contributed by atoms with Crippen LogP contribution in [0.2, 0.25) is 0 Å². The van der Waals surface area contributed by atoms with E-state index in [1.165, 1.54) is 6.20 Å². The summed E-state index contributed by atoms with van der Waals surface area (Å²) in [5.74, 6) is 5.50. The Morgan fingerprint density at radius 1 is 1.33 bits per heavy atom. The molecule has 7 heteroatoms. The first-order valence-corrected chi connectivity index (χ1v) is 5.20. The SMILES string of the molecule is NNc1c(-c2cn[nH]n2)c(=O)oc2ccccc12. The second-order valence-electron chi connectivity index (χ2n) is 3.64. The summed E-state index contributed by atoms with van der Waals surface area (Å²) in [6.45, 7) is 0. The largest absolute Gasteiger partial charge is 0.422 e. The maximum absolute atomic E-state index is 12.0. The van der Waals surface area contributed by atoms with Crippen molar-refractivity contribution < 1.29 is 4.42 Å². The number of hydrogen-bond donors (Lipinski definition) is 3. The maximum atomic E-state index is 12.0. The molecule has 0 bridgehead atoms. The predicted molar refractivity (Wildman–Crippen MR) is 65.7 cm³/mol. The summed E-state index contributed by atoms with van der Waals surface area (Å²) in [4.78, 5) is 12.0. The van der Waals surface area contributed by atoms with E-state index in [0.717, 1.165) is 0 Å². The normalized spacial score (nSPS) is 10.7. The number of rotatable bonds is 2. The fraction of sp³-hybridized carbons (Fsp3) is 0. The van der Waals surface area contributed by atoms with E-state index >= 15 is 0 Å². The highest BCUT2D eigenvalue weighted by Crippen LogP contribution is 2.29. The van der Waals surface area contributed by atoms with E-state index in [0.29, 0.717) is 22.4 Å². The molecular weight excluding hydrogens is 234 g/mol. The van der Waals surface area contributed by atoms with Crippen molar-refractivity contribution in [1.82, 2.24) is 15.4 Å². The minimum atomic E-state index is -0.518. The highest BCUT2D eigenvalue weighted by atomic mass is 16.4. The number of hydrazine groups is 1. The van der Waals surface area contributed by atoms with Gasteiger partial charge in [-0.2, -0.15) is 15.4 Å². The van der Waals surface area contributed by atoms with Gasteiger partial charge in [-0.05, 0) is 12.1 Å². The van der Waals surface area contributed by atoms with E-state index in [2.05, 4.69) is 20.8 Å². The third kappa shape index (κ3) is 1.45. The van der Waals surface area contributed by atoms with Crippen LogP contribution in [0.1, 0.15) is 0 Å². The number of nitrogen functional groups attached to an aromatic ring is 1. The van der Waals surface area contributed by atoms with Crippen LogP contribution in [0.3, 0.4) is 0 Å². The first kappa shape index (κ1) is 10.5. The molecule has 0 unspecified atom stereocenters. The first-order valence-electron chi connectivity index (χ1n) is 5.20. The lowest BCUT2D eigenvalue weighted by atomic mass is 10.1. The molecule has 0 aliphatic carbocycles. The number of nitrogens with zero attached hydrogens (tertiary/aromatic N) is 2. The molecule has 2 aromatic heterocycles. The molecule has 0 spiro atoms. The molecule has 0 radical (unpaired) electrons. The molecule has 0 saturated heterocycles. The van der Waals surface area contributed by atoms with Gasteiger partial charge >= 0.3 is 5.63 Å². The number of nitrogens with one attached hydrogen (secondary N) is 2. The van der Waals surface area contributed by atoms with Gasteiger partial charge in [0.15, 0.2) is 0 Å². The zero-order valence-electron chi connectivity index (χ0n) is 9.18. The third-order valence-electron chi connectivity index (χ3n) is 2.63. The zero-order valence-corrected chi connectivity index (χ0v) is 9.18. The summed E-state index contributed by atoms with van der Waals surface area (Å²) in [6.07, 6.45) is 1.43. The van der Waals surface area contributed by atoms with Crippen molar-refractivity contribution in [2.24, 2.45) is 5.84 Å². The van der Waals surface area contributed by atoms with Crippen LogP contribution in [0.4, 0.5) is 5.69 Å². The van der Waals surface area contributed by atoms with Gasteiger partial charge in [-0.25, -0.2) is 4.79 Å². The molecule has 1 aromatic carbocycles. The average Bonchev–Trinajstić information content (AvgIpc) is 2.90. The van der Waals surface area contributed by atoms with Crippen LogP contribution in [-0.4, -0.2) is 15.4 Å². The van der Waals surface area contributed by atoms with Gasteiger partial charge in [0.2, 0.25) is 0 Å². The minimum Gasteiger partial charge on any atom is -0.422 e. The molecule has 90 valence electrons. The molecule has 3 aromatic rings. The fourth-order valence-corrected chi connectivity index (χ4v) is 1.85. The van der Waals surface area contributed by atoms with Gasteiger partial charge in [0, 0.05) is 5.39 Å². The number of aromatic nitrogens is 3. The van der Waals surface area contributed by atoms with Gasteiger partial charge in [-0.15, -0.1) is 0 Å². The Morgan fingerprint density at radius 3 is 2.89 bits per heavy atom. The molecule has 0 saturated carbocycles. The van der Waals surface area contributed by atoms with Crippen molar-refractivity contribution in [3.63, 3.8) is 0 Å². The van der Waals surface area contributed by atoms with E-state index in [1.54, 1.807) is 18.2 Å². The molecule has 18 heavy (non-hydrogen) atoms. The van der Waals surface area contributed by atoms with Gasteiger partial charge in [-0.3, -0.25) is 5.84 Å². The highest BCUT2D eigenvalue weighted by Gasteiger charge is 2.17. The van der Waals surface area contributed by atoms with Crippen LogP contribution in [0.5, 0.6) is 0 Å². The Labute approximate surface area is 101 Å². The monoisotopic (exact) mass is 243 g/mol. The number of benzene rings is 1. The topological polar surface area (TPSA) is 110 Å². The average molecular weight is 243 g/mol. The molecule has 0 atom stereocenters. The van der Waals surface area contributed by atoms with Gasteiger partial charge in [0.25, 0.3) is 0 Å². The molecule has 3 rings (SSSR count). The van der Waals surface area contributed by atoms with Gasteiger partial charge < -0.3 is 9.84 Å². The minimum absolute atomic E-state index is 0.255. The molecule has 7 nitrogen and oxygen atoms in total. The van der Waals surface area contributed by atoms with E-state index in [9.17, 15) is 4.79 Å². The number of anilines is 1. The lowest BCUT2D eigenvalue weighted by Gasteiger charge is -2.08. The van der Waals surface area contributed by atoms with Crippen molar-refractivity contribution in [2.75, 3.05) is 5.43 Å². The maximum Gasteiger partial charge on any atom is 0.348 e. The Kier molecular flexibility index (Phi) is 2.31. The number of nitrogens with two attached hydrogens (primary N) is 1. The Balaban J connectivity index is 2.45. The van der Waals surface area contributed by atoms with Crippen LogP contribution in [-0.2, 0) is 0 Å². The predicted octanol–water partition coefficient (Wildman–Crippen LogP) is 0.864. The summed E-state index contributed by atoms with van der Waals surface area (Å²) in [5.41, 5.74) is 3.57. The first-order chi connectivity index (χ1) is 8.81. The quantitative estimate of drug-likeness (QED) is 0.350. The molecule has 0 aliphatic rings. The second kappa shape index (κ2) is 3.97. The van der Waals surface area contributed by atoms with E-state index in [4.69, 9.17) is 10.3 Å². The molecule has 0 fully saturated rings. The van der Waals surface area contributed by atoms with Crippen molar-refractivity contribution in [3.8, 4) is 11.3 Å². The van der Waals surface area contributed by atoms with Crippen LogP contribution in [0, 0.1) is 0 Å². The Morgan fingerprint density at radius 2 is 2.17 bits per heavy atom. The number of hydrogen-bond acceptors (Lipinski definition) is 6. The number of H-pyrrole nitrogens is 1. The highest BCUT2D eigenvalue weighted by molar-refractivity contribution is 5.97. The van der Waals surface area contributed by atoms with Crippen LogP contribution in [0.15, 0.2) is 39.7 Å². The van der Waals surface area contributed by atoms with E-state index in [1.807, 2.05) is 6.07 Å². The summed E-state index contributed by atoms with van der Waals surface area (Å²) >= 11 is 0. The number of aromatic amines is 1. The molecule has 4 N–H and O–H groups in total. The van der Waals surface area contributed by atoms with E-state index in [-0.39, 0.29) is 5.56 Å².